The molecule has 0 atom stereocenters. The second kappa shape index (κ2) is 10.4. The van der Waals surface area contributed by atoms with Gasteiger partial charge in [0.25, 0.3) is 0 Å². The molecule has 2 aromatic carbocycles. The number of carbonyl (C=O) groups is 2. The van der Waals surface area contributed by atoms with E-state index in [1.54, 1.807) is 6.07 Å². The van der Waals surface area contributed by atoms with Gasteiger partial charge in [0.2, 0.25) is 0 Å². The first-order valence-electron chi connectivity index (χ1n) is 8.17. The average Bonchev–Trinajstić information content (AvgIpc) is 2.66. The third-order valence-corrected chi connectivity index (χ3v) is 3.93. The molecule has 2 N–H and O–H groups in total. The summed E-state index contributed by atoms with van der Waals surface area (Å²) in [4.78, 5) is 22.9. The van der Waals surface area contributed by atoms with E-state index in [0.29, 0.717) is 18.9 Å². The van der Waals surface area contributed by atoms with Crippen LogP contribution in [0, 0.1) is 0 Å². The third kappa shape index (κ3) is 6.33. The SMILES string of the molecule is CCCNC(=O)C(=O)N/N=C\c1ccc(OCc2ccccc2)c(Br)c1. The lowest BCUT2D eigenvalue weighted by Gasteiger charge is -2.08. The summed E-state index contributed by atoms with van der Waals surface area (Å²) >= 11 is 3.46. The molecule has 136 valence electrons. The minimum atomic E-state index is -0.795. The minimum Gasteiger partial charge on any atom is -0.488 e. The zero-order valence-corrected chi connectivity index (χ0v) is 16.0. The molecule has 0 unspecified atom stereocenters. The first-order valence-corrected chi connectivity index (χ1v) is 8.97. The molecule has 0 spiro atoms. The molecule has 0 heterocycles. The molecule has 2 rings (SSSR count). The summed E-state index contributed by atoms with van der Waals surface area (Å²) in [5.41, 5.74) is 4.02. The maximum absolute atomic E-state index is 11.5. The van der Waals surface area contributed by atoms with Gasteiger partial charge in [-0.05, 0) is 51.7 Å². The van der Waals surface area contributed by atoms with E-state index in [1.807, 2.05) is 49.4 Å². The van der Waals surface area contributed by atoms with Crippen LogP contribution in [0.15, 0.2) is 58.1 Å². The van der Waals surface area contributed by atoms with Crippen molar-refractivity contribution in [1.29, 1.82) is 0 Å². The largest absolute Gasteiger partial charge is 0.488 e. The van der Waals surface area contributed by atoms with Crippen molar-refractivity contribution in [3.05, 3.63) is 64.1 Å². The Morgan fingerprint density at radius 1 is 1.15 bits per heavy atom. The fourth-order valence-electron chi connectivity index (χ4n) is 1.98. The highest BCUT2D eigenvalue weighted by atomic mass is 79.9. The van der Waals surface area contributed by atoms with E-state index in [1.165, 1.54) is 6.21 Å². The zero-order chi connectivity index (χ0) is 18.8. The molecule has 6 nitrogen and oxygen atoms in total. The minimum absolute atomic E-state index is 0.452. The quantitative estimate of drug-likeness (QED) is 0.412. The van der Waals surface area contributed by atoms with Crippen LogP contribution in [-0.2, 0) is 16.2 Å². The standard InChI is InChI=1S/C19H20BrN3O3/c1-2-10-21-18(24)19(25)23-22-12-15-8-9-17(16(20)11-15)26-13-14-6-4-3-5-7-14/h3-9,11-12H,2,10,13H2,1H3,(H,21,24)(H,23,25)/b22-12-. The molecular weight excluding hydrogens is 398 g/mol. The number of hydrogen-bond acceptors (Lipinski definition) is 4. The number of hydrazone groups is 1. The predicted molar refractivity (Wildman–Crippen MR) is 104 cm³/mol. The highest BCUT2D eigenvalue weighted by Crippen LogP contribution is 2.26. The Labute approximate surface area is 160 Å². The van der Waals surface area contributed by atoms with E-state index in [2.05, 4.69) is 31.8 Å². The van der Waals surface area contributed by atoms with Gasteiger partial charge in [-0.3, -0.25) is 9.59 Å². The molecule has 0 fully saturated rings. The van der Waals surface area contributed by atoms with Gasteiger partial charge in [-0.25, -0.2) is 5.43 Å². The summed E-state index contributed by atoms with van der Waals surface area (Å²) in [5, 5.41) is 6.26. The van der Waals surface area contributed by atoms with Crippen LogP contribution in [0.2, 0.25) is 0 Å². The van der Waals surface area contributed by atoms with Crippen LogP contribution in [0.4, 0.5) is 0 Å². The van der Waals surface area contributed by atoms with Gasteiger partial charge in [0.05, 0.1) is 10.7 Å². The van der Waals surface area contributed by atoms with Gasteiger partial charge in [-0.15, -0.1) is 0 Å². The van der Waals surface area contributed by atoms with Crippen molar-refractivity contribution in [3.63, 3.8) is 0 Å². The Balaban J connectivity index is 1.88. The molecule has 2 aromatic rings. The number of nitrogens with zero attached hydrogens (tertiary/aromatic N) is 1. The highest BCUT2D eigenvalue weighted by molar-refractivity contribution is 9.10. The molecule has 0 saturated carbocycles. The lowest BCUT2D eigenvalue weighted by atomic mass is 10.2. The molecule has 26 heavy (non-hydrogen) atoms. The molecule has 0 bridgehead atoms. The summed E-state index contributed by atoms with van der Waals surface area (Å²) in [6, 6.07) is 15.3. The molecule has 0 aliphatic rings. The van der Waals surface area contributed by atoms with E-state index in [9.17, 15) is 9.59 Å². The van der Waals surface area contributed by atoms with Crippen LogP contribution in [0.1, 0.15) is 24.5 Å². The van der Waals surface area contributed by atoms with Crippen LogP contribution in [0.3, 0.4) is 0 Å². The first kappa shape index (κ1) is 19.7. The van der Waals surface area contributed by atoms with E-state index in [4.69, 9.17) is 4.74 Å². The second-order valence-corrected chi connectivity index (χ2v) is 6.27. The van der Waals surface area contributed by atoms with Crippen LogP contribution < -0.4 is 15.5 Å². The smallest absolute Gasteiger partial charge is 0.329 e. The van der Waals surface area contributed by atoms with Crippen molar-refractivity contribution in [2.24, 2.45) is 5.10 Å². The molecular formula is C19H20BrN3O3. The summed E-state index contributed by atoms with van der Waals surface area (Å²) in [5.74, 6) is -0.791. The number of nitrogens with one attached hydrogen (secondary N) is 2. The topological polar surface area (TPSA) is 79.8 Å². The highest BCUT2D eigenvalue weighted by Gasteiger charge is 2.10. The van der Waals surface area contributed by atoms with E-state index in [-0.39, 0.29) is 0 Å². The van der Waals surface area contributed by atoms with Crippen LogP contribution in [0.5, 0.6) is 5.75 Å². The Bertz CT molecular complexity index is 779. The second-order valence-electron chi connectivity index (χ2n) is 5.42. The molecule has 0 saturated heterocycles. The van der Waals surface area contributed by atoms with Crippen molar-refractivity contribution < 1.29 is 14.3 Å². The van der Waals surface area contributed by atoms with Crippen molar-refractivity contribution in [2.45, 2.75) is 20.0 Å². The number of benzene rings is 2. The van der Waals surface area contributed by atoms with Gasteiger partial charge in [-0.1, -0.05) is 37.3 Å². The Kier molecular flexibility index (Phi) is 7.82. The number of halogens is 1. The van der Waals surface area contributed by atoms with Crippen LogP contribution in [0.25, 0.3) is 0 Å². The van der Waals surface area contributed by atoms with E-state index >= 15 is 0 Å². The Morgan fingerprint density at radius 3 is 2.62 bits per heavy atom. The number of rotatable bonds is 7. The van der Waals surface area contributed by atoms with Gasteiger partial charge >= 0.3 is 11.8 Å². The summed E-state index contributed by atoms with van der Waals surface area (Å²) in [7, 11) is 0. The Hall–Kier alpha value is -2.67. The maximum Gasteiger partial charge on any atom is 0.329 e. The van der Waals surface area contributed by atoms with Gasteiger partial charge in [0.1, 0.15) is 12.4 Å². The van der Waals surface area contributed by atoms with Crippen LogP contribution >= 0.6 is 15.9 Å². The van der Waals surface area contributed by atoms with Crippen molar-refractivity contribution in [2.75, 3.05) is 6.54 Å². The predicted octanol–water partition coefficient (Wildman–Crippen LogP) is 3.00. The summed E-state index contributed by atoms with van der Waals surface area (Å²) < 4.78 is 6.54. The fraction of sp³-hybridized carbons (Fsp3) is 0.211. The van der Waals surface area contributed by atoms with Crippen LogP contribution in [-0.4, -0.2) is 24.6 Å². The van der Waals surface area contributed by atoms with Gasteiger partial charge < -0.3 is 10.1 Å². The zero-order valence-electron chi connectivity index (χ0n) is 14.4. The van der Waals surface area contributed by atoms with Gasteiger partial charge in [0, 0.05) is 6.54 Å². The van der Waals surface area contributed by atoms with Gasteiger partial charge in [0.15, 0.2) is 0 Å². The average molecular weight is 418 g/mol. The lowest BCUT2D eigenvalue weighted by Crippen LogP contribution is -2.38. The van der Waals surface area contributed by atoms with Gasteiger partial charge in [-0.2, -0.15) is 5.10 Å². The maximum atomic E-state index is 11.5. The van der Waals surface area contributed by atoms with Crippen molar-refractivity contribution in [3.8, 4) is 5.75 Å². The summed E-state index contributed by atoms with van der Waals surface area (Å²) in [6.45, 7) is 2.82. The molecule has 0 aliphatic heterocycles. The molecule has 0 aromatic heterocycles. The number of hydrogen-bond donors (Lipinski definition) is 2. The molecule has 2 amide bonds. The first-order chi connectivity index (χ1) is 12.6. The fourth-order valence-corrected chi connectivity index (χ4v) is 2.50. The molecule has 0 radical (unpaired) electrons. The normalized spacial score (nSPS) is 10.5. The monoisotopic (exact) mass is 417 g/mol. The molecule has 0 aliphatic carbocycles. The number of amides is 2. The lowest BCUT2D eigenvalue weighted by molar-refractivity contribution is -0.139. The van der Waals surface area contributed by atoms with Crippen molar-refractivity contribution in [1.82, 2.24) is 10.7 Å². The molecule has 7 heteroatoms. The van der Waals surface area contributed by atoms with Crippen molar-refractivity contribution >= 4 is 34.0 Å². The van der Waals surface area contributed by atoms with E-state index < -0.39 is 11.8 Å². The number of ether oxygens (including phenoxy) is 1. The summed E-state index contributed by atoms with van der Waals surface area (Å²) in [6.07, 6.45) is 2.21. The third-order valence-electron chi connectivity index (χ3n) is 3.31. The number of carbonyl (C=O) groups excluding carboxylic acids is 2. The Morgan fingerprint density at radius 2 is 1.92 bits per heavy atom. The van der Waals surface area contributed by atoms with E-state index in [0.717, 1.165) is 22.0 Å².